The van der Waals surface area contributed by atoms with Gasteiger partial charge in [-0.2, -0.15) is 0 Å². The zero-order valence-electron chi connectivity index (χ0n) is 10.6. The number of aliphatic carboxylic acids is 1. The van der Waals surface area contributed by atoms with Gasteiger partial charge in [0, 0.05) is 6.42 Å². The van der Waals surface area contributed by atoms with Crippen LogP contribution in [0.1, 0.15) is 25.7 Å². The summed E-state index contributed by atoms with van der Waals surface area (Å²) in [6.07, 6.45) is -0.273. The van der Waals surface area contributed by atoms with Crippen molar-refractivity contribution in [3.05, 3.63) is 0 Å². The second-order valence-electron chi connectivity index (χ2n) is 3.92. The smallest absolute Gasteiger partial charge is 0.440 e. The number of carbonyl (C=O) groups is 1. The number of rotatable bonds is 12. The Balaban J connectivity index is 3.92. The molecule has 112 valence electrons. The van der Waals surface area contributed by atoms with E-state index in [0.717, 1.165) is 0 Å². The van der Waals surface area contributed by atoms with Crippen molar-refractivity contribution in [1.82, 2.24) is 5.09 Å². The molecule has 0 amide bonds. The lowest BCUT2D eigenvalue weighted by Gasteiger charge is -2.16. The Labute approximate surface area is 118 Å². The SMILES string of the molecule is O=C(O)CCCCC(O)[C@H](CO)O[P+](=S)NCCO. The summed E-state index contributed by atoms with van der Waals surface area (Å²) in [5.74, 6) is -0.869. The lowest BCUT2D eigenvalue weighted by molar-refractivity contribution is -0.137. The molecule has 5 N–H and O–H groups in total. The van der Waals surface area contributed by atoms with Crippen molar-refractivity contribution in [1.29, 1.82) is 0 Å². The first kappa shape index (κ1) is 18.8. The molecule has 0 aromatic rings. The van der Waals surface area contributed by atoms with Crippen molar-refractivity contribution in [3.63, 3.8) is 0 Å². The first-order valence-corrected chi connectivity index (χ1v) is 8.27. The van der Waals surface area contributed by atoms with Crippen LogP contribution in [0.25, 0.3) is 0 Å². The van der Waals surface area contributed by atoms with Gasteiger partial charge in [-0.1, -0.05) is 6.42 Å². The first-order valence-electron chi connectivity index (χ1n) is 6.00. The third kappa shape index (κ3) is 10.3. The Kier molecular flexibility index (Phi) is 11.5. The van der Waals surface area contributed by atoms with Crippen LogP contribution in [0, 0.1) is 0 Å². The fourth-order valence-electron chi connectivity index (χ4n) is 1.34. The highest BCUT2D eigenvalue weighted by Crippen LogP contribution is 2.22. The summed E-state index contributed by atoms with van der Waals surface area (Å²) >= 11 is 4.95. The third-order valence-corrected chi connectivity index (χ3v) is 3.92. The molecule has 0 aliphatic heterocycles. The molecular formula is C10H21NO6PS+. The molecule has 0 aliphatic carbocycles. The van der Waals surface area contributed by atoms with E-state index in [4.69, 9.17) is 31.7 Å². The Hall–Kier alpha value is -0.210. The van der Waals surface area contributed by atoms with Crippen molar-refractivity contribution in [3.8, 4) is 0 Å². The molecule has 0 radical (unpaired) electrons. The molecule has 0 bridgehead atoms. The average Bonchev–Trinajstić information content (AvgIpc) is 2.38. The summed E-state index contributed by atoms with van der Waals surface area (Å²) in [7, 11) is -1.43. The van der Waals surface area contributed by atoms with E-state index in [1.165, 1.54) is 0 Å². The van der Waals surface area contributed by atoms with Crippen molar-refractivity contribution < 1.29 is 29.7 Å². The van der Waals surface area contributed by atoms with E-state index in [1.807, 2.05) is 0 Å². The van der Waals surface area contributed by atoms with Gasteiger partial charge in [0.2, 0.25) is 11.8 Å². The molecule has 0 heterocycles. The number of hydrogen-bond donors (Lipinski definition) is 5. The molecule has 0 saturated heterocycles. The van der Waals surface area contributed by atoms with Gasteiger partial charge in [0.25, 0.3) is 0 Å². The maximum atomic E-state index is 10.3. The summed E-state index contributed by atoms with van der Waals surface area (Å²) in [6.45, 7) is -0.140. The molecule has 0 aliphatic rings. The second-order valence-corrected chi connectivity index (χ2v) is 5.96. The van der Waals surface area contributed by atoms with Crippen LogP contribution in [-0.4, -0.2) is 58.4 Å². The van der Waals surface area contributed by atoms with Crippen LogP contribution in [0.5, 0.6) is 0 Å². The van der Waals surface area contributed by atoms with Gasteiger partial charge in [-0.25, -0.2) is 0 Å². The van der Waals surface area contributed by atoms with Crippen LogP contribution in [0.4, 0.5) is 0 Å². The average molecular weight is 314 g/mol. The number of nitrogens with one attached hydrogen (secondary N) is 1. The minimum atomic E-state index is -1.43. The molecule has 7 nitrogen and oxygen atoms in total. The number of aliphatic hydroxyl groups excluding tert-OH is 3. The van der Waals surface area contributed by atoms with Crippen LogP contribution in [-0.2, 0) is 21.1 Å². The summed E-state index contributed by atoms with van der Waals surface area (Å²) < 4.78 is 5.28. The monoisotopic (exact) mass is 314 g/mol. The summed E-state index contributed by atoms with van der Waals surface area (Å²) in [4.78, 5) is 10.3. The largest absolute Gasteiger partial charge is 0.481 e. The highest BCUT2D eigenvalue weighted by Gasteiger charge is 2.27. The molecule has 0 fully saturated rings. The van der Waals surface area contributed by atoms with E-state index in [2.05, 4.69) is 5.09 Å². The summed E-state index contributed by atoms with van der Waals surface area (Å²) in [5, 5.41) is 38.7. The van der Waals surface area contributed by atoms with Gasteiger partial charge in [-0.05, 0) is 12.8 Å². The highest BCUT2D eigenvalue weighted by atomic mass is 32.4. The van der Waals surface area contributed by atoms with Gasteiger partial charge in [-0.3, -0.25) is 4.79 Å². The fraction of sp³-hybridized carbons (Fsp3) is 0.900. The van der Waals surface area contributed by atoms with Gasteiger partial charge in [0.15, 0.2) is 6.10 Å². The molecule has 9 heteroatoms. The van der Waals surface area contributed by atoms with Gasteiger partial charge >= 0.3 is 13.0 Å². The normalized spacial score (nSPS) is 15.0. The van der Waals surface area contributed by atoms with Crippen molar-refractivity contribution in [2.45, 2.75) is 37.9 Å². The Morgan fingerprint density at radius 2 is 2.05 bits per heavy atom. The lowest BCUT2D eigenvalue weighted by Crippen LogP contribution is -2.31. The number of aliphatic hydroxyl groups is 3. The molecule has 2 unspecified atom stereocenters. The maximum Gasteiger partial charge on any atom is 0.440 e. The topological polar surface area (TPSA) is 119 Å². The minimum absolute atomic E-state index is 0.0587. The maximum absolute atomic E-state index is 10.3. The molecule has 0 aromatic heterocycles. The van der Waals surface area contributed by atoms with Crippen molar-refractivity contribution in [2.24, 2.45) is 0 Å². The number of carboxylic acids is 1. The van der Waals surface area contributed by atoms with E-state index in [9.17, 15) is 9.90 Å². The van der Waals surface area contributed by atoms with Gasteiger partial charge in [0.1, 0.15) is 0 Å². The van der Waals surface area contributed by atoms with E-state index >= 15 is 0 Å². The molecule has 0 saturated carbocycles. The summed E-state index contributed by atoms with van der Waals surface area (Å²) in [6, 6.07) is 0. The van der Waals surface area contributed by atoms with Crippen LogP contribution < -0.4 is 5.09 Å². The Bertz CT molecular complexity index is 281. The second kappa shape index (κ2) is 11.6. The van der Waals surface area contributed by atoms with Gasteiger partial charge < -0.3 is 20.4 Å². The lowest BCUT2D eigenvalue weighted by atomic mass is 10.1. The number of hydrogen-bond acceptors (Lipinski definition) is 6. The van der Waals surface area contributed by atoms with Crippen LogP contribution >= 0.6 is 7.07 Å². The van der Waals surface area contributed by atoms with E-state index < -0.39 is 25.3 Å². The fourth-order valence-corrected chi connectivity index (χ4v) is 2.76. The standard InChI is InChI=1S/C10H20NO6PS/c12-6-5-11-18(19)17-9(7-13)8(14)3-1-2-4-10(15)16/h8-9,12-14H,1-7H2,(H-,11,15,16,19)/p+1/t8?,9-/m0/s1. The molecular weight excluding hydrogens is 293 g/mol. The first-order chi connectivity index (χ1) is 9.01. The predicted molar refractivity (Wildman–Crippen MR) is 73.4 cm³/mol. The van der Waals surface area contributed by atoms with Gasteiger partial charge in [-0.15, -0.1) is 9.61 Å². The van der Waals surface area contributed by atoms with Crippen LogP contribution in [0.3, 0.4) is 0 Å². The molecule has 0 aromatic carbocycles. The van der Waals surface area contributed by atoms with E-state index in [-0.39, 0.29) is 19.6 Å². The number of unbranched alkanes of at least 4 members (excludes halogenated alkanes) is 1. The summed E-state index contributed by atoms with van der Waals surface area (Å²) in [5.41, 5.74) is 0. The molecule has 0 spiro atoms. The van der Waals surface area contributed by atoms with E-state index in [0.29, 0.717) is 25.8 Å². The quantitative estimate of drug-likeness (QED) is 0.247. The Morgan fingerprint density at radius 3 is 2.58 bits per heavy atom. The van der Waals surface area contributed by atoms with Crippen molar-refractivity contribution in [2.75, 3.05) is 19.8 Å². The Morgan fingerprint density at radius 1 is 1.37 bits per heavy atom. The zero-order valence-corrected chi connectivity index (χ0v) is 12.3. The predicted octanol–water partition coefficient (Wildman–Crippen LogP) is -0.275. The molecule has 3 atom stereocenters. The highest BCUT2D eigenvalue weighted by molar-refractivity contribution is 8.02. The van der Waals surface area contributed by atoms with Crippen LogP contribution in [0.2, 0.25) is 0 Å². The minimum Gasteiger partial charge on any atom is -0.481 e. The zero-order chi connectivity index (χ0) is 14.7. The molecule has 19 heavy (non-hydrogen) atoms. The number of carboxylic acid groups (broad SMARTS) is 1. The van der Waals surface area contributed by atoms with Crippen molar-refractivity contribution >= 4 is 24.9 Å². The molecule has 0 rings (SSSR count). The third-order valence-electron chi connectivity index (χ3n) is 2.33. The van der Waals surface area contributed by atoms with Crippen LogP contribution in [0.15, 0.2) is 0 Å². The van der Waals surface area contributed by atoms with Gasteiger partial charge in [0.05, 0.1) is 25.9 Å². The van der Waals surface area contributed by atoms with E-state index in [1.54, 1.807) is 0 Å².